The van der Waals surface area contributed by atoms with Crippen molar-refractivity contribution in [3.05, 3.63) is 29.8 Å². The molecule has 0 aliphatic carbocycles. The number of hydrogen-bond donors (Lipinski definition) is 1. The number of nitrogens with one attached hydrogen (secondary N) is 1. The van der Waals surface area contributed by atoms with Crippen molar-refractivity contribution in [3.8, 4) is 5.75 Å². The van der Waals surface area contributed by atoms with E-state index in [0.717, 1.165) is 5.75 Å². The molecule has 1 atom stereocenters. The minimum atomic E-state index is -1.01. The fourth-order valence-electron chi connectivity index (χ4n) is 2.75. The third kappa shape index (κ3) is 5.87. The lowest BCUT2D eigenvalue weighted by Crippen LogP contribution is -2.30. The molecule has 1 unspecified atom stereocenters. The number of carbonyl (C=O) groups is 1. The predicted molar refractivity (Wildman–Crippen MR) is 94.3 cm³/mol. The third-order valence-corrected chi connectivity index (χ3v) is 4.51. The third-order valence-electron chi connectivity index (χ3n) is 4.12. The van der Waals surface area contributed by atoms with E-state index in [4.69, 9.17) is 27.9 Å². The first-order chi connectivity index (χ1) is 11.1. The van der Waals surface area contributed by atoms with Crippen LogP contribution >= 0.6 is 23.2 Å². The van der Waals surface area contributed by atoms with Crippen LogP contribution in [0.5, 0.6) is 5.75 Å². The number of amides is 1. The Morgan fingerprint density at radius 2 is 2.09 bits per heavy atom. The summed E-state index contributed by atoms with van der Waals surface area (Å²) < 4.78 is 5.77. The maximum Gasteiger partial charge on any atom is 0.253 e. The highest BCUT2D eigenvalue weighted by Crippen LogP contribution is 2.26. The molecule has 1 aliphatic rings. The number of carbonyl (C=O) groups excluding carboxylic acids is 1. The van der Waals surface area contributed by atoms with Gasteiger partial charge in [0.1, 0.15) is 5.75 Å². The van der Waals surface area contributed by atoms with Crippen LogP contribution in [0.1, 0.15) is 37.8 Å². The molecule has 4 nitrogen and oxygen atoms in total. The lowest BCUT2D eigenvalue weighted by molar-refractivity contribution is -0.119. The van der Waals surface area contributed by atoms with Crippen molar-refractivity contribution in [2.24, 2.45) is 0 Å². The summed E-state index contributed by atoms with van der Waals surface area (Å²) in [5, 5.41) is 2.65. The molecular formula is C17H24Cl2N2O2. The summed E-state index contributed by atoms with van der Waals surface area (Å²) in [5.41, 5.74) is 1.28. The molecule has 0 saturated carbocycles. The number of rotatable bonds is 8. The second-order valence-corrected chi connectivity index (χ2v) is 6.88. The quantitative estimate of drug-likeness (QED) is 0.570. The highest BCUT2D eigenvalue weighted by Gasteiger charge is 2.19. The van der Waals surface area contributed by atoms with Crippen LogP contribution in [0.25, 0.3) is 0 Å². The highest BCUT2D eigenvalue weighted by molar-refractivity contribution is 6.53. The second-order valence-electron chi connectivity index (χ2n) is 5.79. The van der Waals surface area contributed by atoms with Crippen molar-refractivity contribution >= 4 is 29.1 Å². The Morgan fingerprint density at radius 3 is 2.78 bits per heavy atom. The predicted octanol–water partition coefficient (Wildman–Crippen LogP) is 3.53. The van der Waals surface area contributed by atoms with Gasteiger partial charge in [0.25, 0.3) is 5.91 Å². The zero-order valence-corrected chi connectivity index (χ0v) is 14.9. The van der Waals surface area contributed by atoms with Crippen molar-refractivity contribution in [3.63, 3.8) is 0 Å². The van der Waals surface area contributed by atoms with Gasteiger partial charge in [-0.05, 0) is 57.0 Å². The number of benzene rings is 1. The fraction of sp³-hybridized carbons (Fsp3) is 0.588. The summed E-state index contributed by atoms with van der Waals surface area (Å²) in [5.74, 6) is 0.502. The van der Waals surface area contributed by atoms with E-state index in [2.05, 4.69) is 29.3 Å². The van der Waals surface area contributed by atoms with Crippen LogP contribution in [0.15, 0.2) is 24.3 Å². The number of ether oxygens (including phenoxy) is 1. The average molecular weight is 359 g/mol. The monoisotopic (exact) mass is 358 g/mol. The van der Waals surface area contributed by atoms with E-state index in [-0.39, 0.29) is 5.91 Å². The SMILES string of the molecule is CC(c1cccc(OCCCNC(=O)C(Cl)Cl)c1)N1CCCC1. The van der Waals surface area contributed by atoms with Gasteiger partial charge in [-0.1, -0.05) is 35.3 Å². The lowest BCUT2D eigenvalue weighted by atomic mass is 10.1. The van der Waals surface area contributed by atoms with Gasteiger partial charge in [-0.2, -0.15) is 0 Å². The normalized spacial score (nSPS) is 16.5. The molecule has 1 N–H and O–H groups in total. The number of halogens is 2. The first kappa shape index (κ1) is 18.4. The van der Waals surface area contributed by atoms with Crippen LogP contribution in [0.2, 0.25) is 0 Å². The van der Waals surface area contributed by atoms with Gasteiger partial charge in [-0.3, -0.25) is 9.69 Å². The first-order valence-electron chi connectivity index (χ1n) is 8.10. The topological polar surface area (TPSA) is 41.6 Å². The fourth-order valence-corrected chi connectivity index (χ4v) is 2.91. The summed E-state index contributed by atoms with van der Waals surface area (Å²) in [7, 11) is 0. The Morgan fingerprint density at radius 1 is 1.35 bits per heavy atom. The highest BCUT2D eigenvalue weighted by atomic mass is 35.5. The second kappa shape index (κ2) is 9.36. The summed E-state index contributed by atoms with van der Waals surface area (Å²) in [6, 6.07) is 8.67. The molecule has 23 heavy (non-hydrogen) atoms. The van der Waals surface area contributed by atoms with Crippen molar-refractivity contribution in [2.45, 2.75) is 37.1 Å². The molecule has 1 aliphatic heterocycles. The van der Waals surface area contributed by atoms with Gasteiger partial charge in [0.15, 0.2) is 4.84 Å². The lowest BCUT2D eigenvalue weighted by Gasteiger charge is -2.24. The van der Waals surface area contributed by atoms with Gasteiger partial charge in [0.05, 0.1) is 6.61 Å². The Balaban J connectivity index is 1.75. The van der Waals surface area contributed by atoms with Gasteiger partial charge in [0, 0.05) is 12.6 Å². The largest absolute Gasteiger partial charge is 0.494 e. The molecule has 1 saturated heterocycles. The molecule has 1 heterocycles. The van der Waals surface area contributed by atoms with Crippen LogP contribution in [0.3, 0.4) is 0 Å². The molecule has 1 aromatic rings. The Kier molecular flexibility index (Phi) is 7.47. The van der Waals surface area contributed by atoms with Crippen molar-refractivity contribution < 1.29 is 9.53 Å². The number of hydrogen-bond acceptors (Lipinski definition) is 3. The first-order valence-corrected chi connectivity index (χ1v) is 8.98. The van der Waals surface area contributed by atoms with Crippen LogP contribution in [-0.2, 0) is 4.79 Å². The van der Waals surface area contributed by atoms with Gasteiger partial charge in [-0.15, -0.1) is 0 Å². The minimum Gasteiger partial charge on any atom is -0.494 e. The van der Waals surface area contributed by atoms with E-state index in [9.17, 15) is 4.79 Å². The summed E-state index contributed by atoms with van der Waals surface area (Å²) in [4.78, 5) is 12.7. The molecular weight excluding hydrogens is 335 g/mol. The summed E-state index contributed by atoms with van der Waals surface area (Å²) >= 11 is 10.9. The summed E-state index contributed by atoms with van der Waals surface area (Å²) in [6.45, 7) is 5.63. The maximum absolute atomic E-state index is 11.2. The van der Waals surface area contributed by atoms with Crippen LogP contribution < -0.4 is 10.1 Å². The van der Waals surface area contributed by atoms with Crippen LogP contribution in [0, 0.1) is 0 Å². The Bertz CT molecular complexity index is 505. The van der Waals surface area contributed by atoms with E-state index < -0.39 is 4.84 Å². The molecule has 128 valence electrons. The van der Waals surface area contributed by atoms with Gasteiger partial charge in [-0.25, -0.2) is 0 Å². The standard InChI is InChI=1S/C17H24Cl2N2O2/c1-13(21-9-2-3-10-21)14-6-4-7-15(12-14)23-11-5-8-20-17(22)16(18)19/h4,6-7,12-13,16H,2-3,5,8-11H2,1H3,(H,20,22). The number of nitrogens with zero attached hydrogens (tertiary/aromatic N) is 1. The van der Waals surface area contributed by atoms with E-state index in [0.29, 0.717) is 25.6 Å². The Hall–Kier alpha value is -0.970. The van der Waals surface area contributed by atoms with Crippen molar-refractivity contribution in [1.29, 1.82) is 0 Å². The van der Waals surface area contributed by atoms with E-state index in [1.807, 2.05) is 12.1 Å². The van der Waals surface area contributed by atoms with Gasteiger partial charge >= 0.3 is 0 Å². The van der Waals surface area contributed by atoms with Gasteiger partial charge in [0.2, 0.25) is 0 Å². The average Bonchev–Trinajstić information content (AvgIpc) is 3.08. The minimum absolute atomic E-state index is 0.366. The molecule has 1 fully saturated rings. The zero-order chi connectivity index (χ0) is 16.7. The Labute approximate surface area is 148 Å². The maximum atomic E-state index is 11.2. The van der Waals surface area contributed by atoms with Crippen LogP contribution in [-0.4, -0.2) is 41.9 Å². The van der Waals surface area contributed by atoms with E-state index >= 15 is 0 Å². The molecule has 0 bridgehead atoms. The summed E-state index contributed by atoms with van der Waals surface area (Å²) in [6.07, 6.45) is 3.29. The van der Waals surface area contributed by atoms with E-state index in [1.165, 1.54) is 31.5 Å². The van der Waals surface area contributed by atoms with Crippen LogP contribution in [0.4, 0.5) is 0 Å². The molecule has 0 aromatic heterocycles. The smallest absolute Gasteiger partial charge is 0.253 e. The molecule has 6 heteroatoms. The molecule has 0 radical (unpaired) electrons. The number of alkyl halides is 2. The van der Waals surface area contributed by atoms with Crippen molar-refractivity contribution in [1.82, 2.24) is 10.2 Å². The molecule has 1 aromatic carbocycles. The van der Waals surface area contributed by atoms with E-state index in [1.54, 1.807) is 0 Å². The number of likely N-dealkylation sites (tertiary alicyclic amines) is 1. The molecule has 1 amide bonds. The zero-order valence-electron chi connectivity index (χ0n) is 13.4. The van der Waals surface area contributed by atoms with Gasteiger partial charge < -0.3 is 10.1 Å². The molecule has 2 rings (SSSR count). The van der Waals surface area contributed by atoms with Crippen molar-refractivity contribution in [2.75, 3.05) is 26.2 Å². The molecule has 0 spiro atoms.